The molecule has 0 aliphatic heterocycles. The molecule has 0 aromatic rings. The predicted octanol–water partition coefficient (Wildman–Crippen LogP) is 5.88. The van der Waals surface area contributed by atoms with Gasteiger partial charge in [-0.05, 0) is 113 Å². The van der Waals surface area contributed by atoms with Crippen LogP contribution in [-0.4, -0.2) is 32.7 Å². The van der Waals surface area contributed by atoms with Gasteiger partial charge in [0.2, 0.25) is 5.91 Å². The van der Waals surface area contributed by atoms with Crippen molar-refractivity contribution in [2.75, 3.05) is 0 Å². The standard InChI is InChI=1S/C26H42NO4P/c1-16(2)27(17(3)4)24(28)23-10-9-21-20-8-7-18-15-19(32(29,30)31)11-13-25(18,5)22(20)12-14-26(21,23)6/h7,15-17,20-23H,8-14H2,1-6H3,(H2,29,30,31)/t20?,21?,22?,23-,25+,26+/m1/s1. The van der Waals surface area contributed by atoms with Gasteiger partial charge in [-0.3, -0.25) is 9.36 Å². The maximum absolute atomic E-state index is 13.7. The number of hydrogen-bond donors (Lipinski definition) is 2. The highest BCUT2D eigenvalue weighted by Crippen LogP contribution is 2.67. The number of carbonyl (C=O) groups is 1. The molecule has 2 N–H and O–H groups in total. The van der Waals surface area contributed by atoms with Gasteiger partial charge in [0, 0.05) is 23.3 Å². The zero-order valence-corrected chi connectivity index (χ0v) is 21.6. The van der Waals surface area contributed by atoms with E-state index in [2.05, 4.69) is 52.5 Å². The molecule has 5 nitrogen and oxygen atoms in total. The van der Waals surface area contributed by atoms with Gasteiger partial charge in [0.25, 0.3) is 0 Å². The van der Waals surface area contributed by atoms with Crippen molar-refractivity contribution < 1.29 is 19.1 Å². The first-order valence-electron chi connectivity index (χ1n) is 12.6. The average molecular weight is 464 g/mol. The molecule has 0 saturated heterocycles. The number of allylic oxidation sites excluding steroid dienone is 4. The zero-order valence-electron chi connectivity index (χ0n) is 20.7. The molecule has 0 aromatic carbocycles. The van der Waals surface area contributed by atoms with Crippen molar-refractivity contribution in [3.63, 3.8) is 0 Å². The van der Waals surface area contributed by atoms with E-state index in [1.54, 1.807) is 0 Å². The number of hydrogen-bond acceptors (Lipinski definition) is 2. The number of rotatable bonds is 4. The first kappa shape index (κ1) is 24.2. The topological polar surface area (TPSA) is 77.8 Å². The van der Waals surface area contributed by atoms with Gasteiger partial charge in [0.1, 0.15) is 0 Å². The second kappa shape index (κ2) is 8.10. The van der Waals surface area contributed by atoms with Crippen molar-refractivity contribution in [1.82, 2.24) is 4.90 Å². The summed E-state index contributed by atoms with van der Waals surface area (Å²) >= 11 is 0. The highest BCUT2D eigenvalue weighted by Gasteiger charge is 2.60. The van der Waals surface area contributed by atoms with Crippen LogP contribution < -0.4 is 0 Å². The Morgan fingerprint density at radius 1 is 1.06 bits per heavy atom. The van der Waals surface area contributed by atoms with Crippen LogP contribution >= 0.6 is 7.60 Å². The average Bonchev–Trinajstić information content (AvgIpc) is 3.03. The Balaban J connectivity index is 1.62. The van der Waals surface area contributed by atoms with Crippen LogP contribution in [0.2, 0.25) is 0 Å². The van der Waals surface area contributed by atoms with E-state index < -0.39 is 7.60 Å². The Kier molecular flexibility index (Phi) is 6.13. The van der Waals surface area contributed by atoms with Gasteiger partial charge < -0.3 is 14.7 Å². The molecule has 4 aliphatic carbocycles. The molecule has 0 aromatic heterocycles. The van der Waals surface area contributed by atoms with Gasteiger partial charge in [0.05, 0.1) is 0 Å². The van der Waals surface area contributed by atoms with E-state index in [1.807, 2.05) is 6.08 Å². The van der Waals surface area contributed by atoms with Gasteiger partial charge in [-0.15, -0.1) is 0 Å². The fourth-order valence-electron chi connectivity index (χ4n) is 8.23. The zero-order chi connectivity index (χ0) is 23.6. The minimum Gasteiger partial charge on any atom is -0.338 e. The van der Waals surface area contributed by atoms with E-state index >= 15 is 0 Å². The maximum Gasteiger partial charge on any atom is 0.352 e. The summed E-state index contributed by atoms with van der Waals surface area (Å²) in [5.74, 6) is 2.12. The lowest BCUT2D eigenvalue weighted by molar-refractivity contribution is -0.146. The molecule has 2 fully saturated rings. The molecule has 180 valence electrons. The number of carbonyl (C=O) groups excluding carboxylic acids is 1. The monoisotopic (exact) mass is 463 g/mol. The van der Waals surface area contributed by atoms with Gasteiger partial charge >= 0.3 is 7.60 Å². The first-order valence-corrected chi connectivity index (χ1v) is 14.2. The summed E-state index contributed by atoms with van der Waals surface area (Å²) in [7, 11) is -4.17. The molecule has 2 saturated carbocycles. The second-order valence-electron chi connectivity index (χ2n) is 12.0. The molecular weight excluding hydrogens is 421 g/mol. The fraction of sp³-hybridized carbons (Fsp3) is 0.808. The Hall–Kier alpha value is -0.900. The van der Waals surface area contributed by atoms with Gasteiger partial charge in [-0.1, -0.05) is 19.9 Å². The summed E-state index contributed by atoms with van der Waals surface area (Å²) < 4.78 is 11.9. The molecule has 0 bridgehead atoms. The number of fused-ring (bicyclic) bond motifs is 5. The quantitative estimate of drug-likeness (QED) is 0.510. The van der Waals surface area contributed by atoms with E-state index in [9.17, 15) is 19.1 Å². The van der Waals surface area contributed by atoms with Crippen LogP contribution in [0.1, 0.15) is 86.5 Å². The molecule has 4 rings (SSSR count). The lowest BCUT2D eigenvalue weighted by Gasteiger charge is -2.57. The van der Waals surface area contributed by atoms with Crippen LogP contribution in [0, 0.1) is 34.5 Å². The minimum atomic E-state index is -4.17. The molecule has 32 heavy (non-hydrogen) atoms. The summed E-state index contributed by atoms with van der Waals surface area (Å²) in [4.78, 5) is 35.2. The predicted molar refractivity (Wildman–Crippen MR) is 128 cm³/mol. The Morgan fingerprint density at radius 3 is 2.31 bits per heavy atom. The lowest BCUT2D eigenvalue weighted by Crippen LogP contribution is -2.53. The van der Waals surface area contributed by atoms with E-state index in [1.165, 1.54) is 0 Å². The molecule has 4 aliphatic rings. The van der Waals surface area contributed by atoms with Crippen LogP contribution in [0.15, 0.2) is 23.0 Å². The van der Waals surface area contributed by atoms with Crippen molar-refractivity contribution >= 4 is 13.5 Å². The van der Waals surface area contributed by atoms with E-state index in [-0.39, 0.29) is 28.8 Å². The van der Waals surface area contributed by atoms with Crippen molar-refractivity contribution in [3.05, 3.63) is 23.0 Å². The highest BCUT2D eigenvalue weighted by atomic mass is 31.2. The molecule has 0 spiro atoms. The van der Waals surface area contributed by atoms with E-state index in [0.717, 1.165) is 44.1 Å². The summed E-state index contributed by atoms with van der Waals surface area (Å²) in [5, 5.41) is 0.300. The first-order chi connectivity index (χ1) is 14.8. The number of nitrogens with zero attached hydrogens (tertiary/aromatic N) is 1. The minimum absolute atomic E-state index is 0.00703. The Morgan fingerprint density at radius 2 is 1.72 bits per heavy atom. The highest BCUT2D eigenvalue weighted by molar-refractivity contribution is 7.56. The molecule has 6 atom stereocenters. The van der Waals surface area contributed by atoms with Crippen molar-refractivity contribution in [2.24, 2.45) is 34.5 Å². The van der Waals surface area contributed by atoms with Gasteiger partial charge in [0.15, 0.2) is 0 Å². The molecular formula is C26H42NO4P. The SMILES string of the molecule is CC(C)N(C(=O)[C@H]1CCC2C3CC=C4C=C(P(=O)(O)O)CC[C@]4(C)C3CC[C@@]21C)C(C)C. The Bertz CT molecular complexity index is 878. The maximum atomic E-state index is 13.7. The summed E-state index contributed by atoms with van der Waals surface area (Å²) in [6.45, 7) is 13.2. The van der Waals surface area contributed by atoms with E-state index in [4.69, 9.17) is 0 Å². The number of amides is 1. The van der Waals surface area contributed by atoms with Crippen molar-refractivity contribution in [3.8, 4) is 0 Å². The third-order valence-corrected chi connectivity index (χ3v) is 10.9. The largest absolute Gasteiger partial charge is 0.352 e. The van der Waals surface area contributed by atoms with Gasteiger partial charge in [-0.25, -0.2) is 0 Å². The molecule has 0 radical (unpaired) electrons. The van der Waals surface area contributed by atoms with Crippen LogP contribution in [0.5, 0.6) is 0 Å². The van der Waals surface area contributed by atoms with E-state index in [0.29, 0.717) is 35.4 Å². The van der Waals surface area contributed by atoms with Crippen LogP contribution in [0.4, 0.5) is 0 Å². The third kappa shape index (κ3) is 3.67. The molecule has 3 unspecified atom stereocenters. The summed E-state index contributed by atoms with van der Waals surface area (Å²) in [5.41, 5.74) is 1.19. The molecule has 0 heterocycles. The van der Waals surface area contributed by atoms with Crippen LogP contribution in [0.3, 0.4) is 0 Å². The van der Waals surface area contributed by atoms with Gasteiger partial charge in [-0.2, -0.15) is 0 Å². The summed E-state index contributed by atoms with van der Waals surface area (Å²) in [6.07, 6.45) is 10.7. The third-order valence-electron chi connectivity index (χ3n) is 9.79. The van der Waals surface area contributed by atoms with Crippen molar-refractivity contribution in [1.29, 1.82) is 0 Å². The smallest absolute Gasteiger partial charge is 0.338 e. The lowest BCUT2D eigenvalue weighted by atomic mass is 9.48. The molecule has 1 amide bonds. The summed E-state index contributed by atoms with van der Waals surface area (Å²) in [6, 6.07) is 0.440. The van der Waals surface area contributed by atoms with Crippen molar-refractivity contribution in [2.45, 2.75) is 98.6 Å². The fourth-order valence-corrected chi connectivity index (χ4v) is 8.94. The normalized spacial score (nSPS) is 39.2. The Labute approximate surface area is 193 Å². The van der Waals surface area contributed by atoms with Crippen LogP contribution in [0.25, 0.3) is 0 Å². The molecule has 6 heteroatoms. The van der Waals surface area contributed by atoms with Crippen LogP contribution in [-0.2, 0) is 9.36 Å². The second-order valence-corrected chi connectivity index (χ2v) is 13.6.